The lowest BCUT2D eigenvalue weighted by molar-refractivity contribution is -0.160. The zero-order valence-corrected chi connectivity index (χ0v) is 15.9. The summed E-state index contributed by atoms with van der Waals surface area (Å²) in [5.41, 5.74) is 1.49. The molecule has 0 amide bonds. The summed E-state index contributed by atoms with van der Waals surface area (Å²) in [5.74, 6) is 0.360. The smallest absolute Gasteiger partial charge is 0.309 e. The number of carboxylic acid groups (broad SMARTS) is 1. The average molecular weight is 335 g/mol. The van der Waals surface area contributed by atoms with Crippen molar-refractivity contribution in [1.29, 1.82) is 0 Å². The maximum Gasteiger partial charge on any atom is 0.309 e. The van der Waals surface area contributed by atoms with Gasteiger partial charge in [-0.05, 0) is 74.5 Å². The number of allylic oxidation sites excluding steroid dienone is 2. The number of rotatable bonds is 4. The van der Waals surface area contributed by atoms with Crippen molar-refractivity contribution < 1.29 is 14.6 Å². The van der Waals surface area contributed by atoms with Crippen molar-refractivity contribution in [3.8, 4) is 0 Å². The second-order valence-electron chi connectivity index (χ2n) is 9.44. The van der Waals surface area contributed by atoms with Crippen LogP contribution in [0.2, 0.25) is 0 Å². The minimum atomic E-state index is -0.585. The molecule has 24 heavy (non-hydrogen) atoms. The summed E-state index contributed by atoms with van der Waals surface area (Å²) in [4.78, 5) is 12.0. The first kappa shape index (κ1) is 18.0. The van der Waals surface area contributed by atoms with Crippen LogP contribution in [0.15, 0.2) is 11.6 Å². The van der Waals surface area contributed by atoms with E-state index in [0.29, 0.717) is 17.3 Å². The summed E-state index contributed by atoms with van der Waals surface area (Å²) in [7, 11) is 1.79. The first-order chi connectivity index (χ1) is 11.3. The molecule has 0 unspecified atom stereocenters. The molecule has 2 fully saturated rings. The molecule has 1 N–H and O–H groups in total. The summed E-state index contributed by atoms with van der Waals surface area (Å²) >= 11 is 0. The Morgan fingerprint density at radius 3 is 2.71 bits per heavy atom. The lowest BCUT2D eigenvalue weighted by atomic mass is 9.46. The third-order valence-electron chi connectivity index (χ3n) is 7.79. The van der Waals surface area contributed by atoms with Gasteiger partial charge in [0.1, 0.15) is 0 Å². The van der Waals surface area contributed by atoms with Crippen LogP contribution in [0.25, 0.3) is 0 Å². The number of carboxylic acids is 1. The Hall–Kier alpha value is -0.830. The molecule has 5 atom stereocenters. The minimum Gasteiger partial charge on any atom is -0.481 e. The normalized spacial score (nSPS) is 45.1. The zero-order chi connectivity index (χ0) is 17.6. The highest BCUT2D eigenvalue weighted by molar-refractivity contribution is 5.75. The predicted molar refractivity (Wildman–Crippen MR) is 95.8 cm³/mol. The first-order valence-corrected chi connectivity index (χ1v) is 9.68. The van der Waals surface area contributed by atoms with Crippen LogP contribution in [0.3, 0.4) is 0 Å². The van der Waals surface area contributed by atoms with Crippen molar-refractivity contribution in [2.24, 2.45) is 28.1 Å². The number of carbonyl (C=O) groups is 1. The van der Waals surface area contributed by atoms with Gasteiger partial charge in [-0.3, -0.25) is 4.79 Å². The van der Waals surface area contributed by atoms with E-state index in [4.69, 9.17) is 4.74 Å². The second-order valence-corrected chi connectivity index (χ2v) is 9.44. The topological polar surface area (TPSA) is 46.5 Å². The third-order valence-corrected chi connectivity index (χ3v) is 7.79. The van der Waals surface area contributed by atoms with Gasteiger partial charge in [0.25, 0.3) is 0 Å². The number of hydrogen-bond donors (Lipinski definition) is 1. The fraction of sp³-hybridized carbons (Fsp3) is 0.857. The standard InChI is InChI=1S/C21H34O3/c1-19(12-13-24-4)11-8-16-15(14-19)6-7-17-20(16,2)9-5-10-21(17,3)18(22)23/h8,15,17H,5-7,9-14H2,1-4H3,(H,22,23)/t15-,17-,19+,20-,21+/m0/s1. The Morgan fingerprint density at radius 1 is 1.29 bits per heavy atom. The second kappa shape index (κ2) is 6.16. The number of ether oxygens (including phenoxy) is 1. The van der Waals surface area contributed by atoms with E-state index in [2.05, 4.69) is 19.9 Å². The van der Waals surface area contributed by atoms with E-state index < -0.39 is 11.4 Å². The van der Waals surface area contributed by atoms with E-state index in [1.165, 1.54) is 6.42 Å². The van der Waals surface area contributed by atoms with Gasteiger partial charge in [-0.1, -0.05) is 31.9 Å². The molecule has 3 aliphatic carbocycles. The maximum atomic E-state index is 12.0. The van der Waals surface area contributed by atoms with Crippen molar-refractivity contribution in [2.45, 2.75) is 72.1 Å². The number of methoxy groups -OCH3 is 1. The molecule has 0 radical (unpaired) electrons. The molecule has 0 aromatic rings. The Labute approximate surface area is 146 Å². The Bertz CT molecular complexity index is 539. The monoisotopic (exact) mass is 334 g/mol. The number of aliphatic carboxylic acids is 1. The highest BCUT2D eigenvalue weighted by Crippen LogP contribution is 2.63. The Balaban J connectivity index is 1.89. The van der Waals surface area contributed by atoms with Gasteiger partial charge in [0.2, 0.25) is 0 Å². The molecule has 0 aromatic carbocycles. The maximum absolute atomic E-state index is 12.0. The largest absolute Gasteiger partial charge is 0.481 e. The van der Waals surface area contributed by atoms with Gasteiger partial charge in [0, 0.05) is 13.7 Å². The SMILES string of the molecule is COCC[C@@]1(C)CC=C2[C@@H](CC[C@@H]3[C@](C)(C(=O)O)CCC[C@@]23C)C1. The molecular weight excluding hydrogens is 300 g/mol. The van der Waals surface area contributed by atoms with Crippen molar-refractivity contribution in [3.05, 3.63) is 11.6 Å². The van der Waals surface area contributed by atoms with Crippen LogP contribution in [0.4, 0.5) is 0 Å². The molecule has 3 heteroatoms. The summed E-state index contributed by atoms with van der Waals surface area (Å²) < 4.78 is 5.32. The van der Waals surface area contributed by atoms with Crippen molar-refractivity contribution in [3.63, 3.8) is 0 Å². The summed E-state index contributed by atoms with van der Waals surface area (Å²) in [6.45, 7) is 7.61. The molecule has 0 bridgehead atoms. The fourth-order valence-corrected chi connectivity index (χ4v) is 6.30. The van der Waals surface area contributed by atoms with Gasteiger partial charge < -0.3 is 9.84 Å². The molecular formula is C21H34O3. The summed E-state index contributed by atoms with van der Waals surface area (Å²) in [5, 5.41) is 9.89. The van der Waals surface area contributed by atoms with Gasteiger partial charge in [-0.25, -0.2) is 0 Å². The van der Waals surface area contributed by atoms with Gasteiger partial charge >= 0.3 is 5.97 Å². The van der Waals surface area contributed by atoms with E-state index in [9.17, 15) is 9.90 Å². The molecule has 0 aliphatic heterocycles. The van der Waals surface area contributed by atoms with Crippen LogP contribution < -0.4 is 0 Å². The van der Waals surface area contributed by atoms with E-state index >= 15 is 0 Å². The van der Waals surface area contributed by atoms with E-state index in [1.807, 2.05) is 6.92 Å². The van der Waals surface area contributed by atoms with E-state index in [0.717, 1.165) is 51.6 Å². The van der Waals surface area contributed by atoms with Crippen LogP contribution in [-0.4, -0.2) is 24.8 Å². The van der Waals surface area contributed by atoms with Gasteiger partial charge in [0.15, 0.2) is 0 Å². The van der Waals surface area contributed by atoms with Crippen LogP contribution in [-0.2, 0) is 9.53 Å². The third kappa shape index (κ3) is 2.73. The van der Waals surface area contributed by atoms with Gasteiger partial charge in [-0.15, -0.1) is 0 Å². The zero-order valence-electron chi connectivity index (χ0n) is 15.9. The molecule has 0 heterocycles. The fourth-order valence-electron chi connectivity index (χ4n) is 6.30. The highest BCUT2D eigenvalue weighted by Gasteiger charge is 2.57. The van der Waals surface area contributed by atoms with Crippen LogP contribution in [0, 0.1) is 28.1 Å². The van der Waals surface area contributed by atoms with Crippen molar-refractivity contribution in [1.82, 2.24) is 0 Å². The predicted octanol–water partition coefficient (Wildman–Crippen LogP) is 5.06. The highest BCUT2D eigenvalue weighted by atomic mass is 16.5. The Kier molecular flexibility index (Phi) is 4.61. The molecule has 3 rings (SSSR count). The van der Waals surface area contributed by atoms with Crippen molar-refractivity contribution >= 4 is 5.97 Å². The molecule has 0 saturated heterocycles. The first-order valence-electron chi connectivity index (χ1n) is 9.68. The molecule has 136 valence electrons. The van der Waals surface area contributed by atoms with Crippen molar-refractivity contribution in [2.75, 3.05) is 13.7 Å². The number of fused-ring (bicyclic) bond motifs is 3. The molecule has 3 aliphatic rings. The summed E-state index contributed by atoms with van der Waals surface area (Å²) in [6, 6.07) is 0. The average Bonchev–Trinajstić information content (AvgIpc) is 2.52. The quantitative estimate of drug-likeness (QED) is 0.731. The minimum absolute atomic E-state index is 0.0941. The van der Waals surface area contributed by atoms with Crippen LogP contribution in [0.5, 0.6) is 0 Å². The lowest BCUT2D eigenvalue weighted by Gasteiger charge is -2.58. The van der Waals surface area contributed by atoms with E-state index in [-0.39, 0.29) is 5.41 Å². The Morgan fingerprint density at radius 2 is 2.04 bits per heavy atom. The molecule has 0 spiro atoms. The van der Waals surface area contributed by atoms with Gasteiger partial charge in [-0.2, -0.15) is 0 Å². The molecule has 0 aromatic heterocycles. The van der Waals surface area contributed by atoms with Crippen LogP contribution >= 0.6 is 0 Å². The van der Waals surface area contributed by atoms with Gasteiger partial charge in [0.05, 0.1) is 5.41 Å². The van der Waals surface area contributed by atoms with Crippen LogP contribution in [0.1, 0.15) is 72.1 Å². The summed E-state index contributed by atoms with van der Waals surface area (Å²) in [6.07, 6.45) is 11.3. The van der Waals surface area contributed by atoms with E-state index in [1.54, 1.807) is 12.7 Å². The lowest BCUT2D eigenvalue weighted by Crippen LogP contribution is -2.52. The molecule has 2 saturated carbocycles. The number of hydrogen-bond acceptors (Lipinski definition) is 2. The molecule has 3 nitrogen and oxygen atoms in total.